The smallest absolute Gasteiger partial charge is 0.188 e. The number of hydrogen-bond donors (Lipinski definition) is 2. The van der Waals surface area contributed by atoms with E-state index in [0.29, 0.717) is 11.6 Å². The Morgan fingerprint density at radius 2 is 2.10 bits per heavy atom. The van der Waals surface area contributed by atoms with Crippen molar-refractivity contribution in [2.75, 3.05) is 37.6 Å². The first kappa shape index (κ1) is 14.6. The molecule has 0 amide bonds. The van der Waals surface area contributed by atoms with Crippen molar-refractivity contribution < 1.29 is 5.21 Å². The van der Waals surface area contributed by atoms with Crippen molar-refractivity contribution in [1.82, 2.24) is 9.88 Å². The van der Waals surface area contributed by atoms with Crippen LogP contribution >= 0.6 is 0 Å². The Labute approximate surface area is 119 Å². The van der Waals surface area contributed by atoms with Gasteiger partial charge < -0.3 is 15.8 Å². The van der Waals surface area contributed by atoms with Crippen LogP contribution in [0.1, 0.15) is 19.5 Å². The minimum Gasteiger partial charge on any atom is -0.409 e. The molecule has 1 aliphatic heterocycles. The summed E-state index contributed by atoms with van der Waals surface area (Å²) in [7, 11) is 0. The second kappa shape index (κ2) is 6.56. The van der Waals surface area contributed by atoms with Crippen LogP contribution in [0.4, 0.5) is 5.69 Å². The van der Waals surface area contributed by atoms with E-state index in [9.17, 15) is 0 Å². The van der Waals surface area contributed by atoms with Crippen molar-refractivity contribution in [3.05, 3.63) is 24.0 Å². The van der Waals surface area contributed by atoms with E-state index in [1.54, 1.807) is 6.20 Å². The van der Waals surface area contributed by atoms with Gasteiger partial charge in [0.25, 0.3) is 0 Å². The maximum atomic E-state index is 8.71. The first-order valence-electron chi connectivity index (χ1n) is 7.01. The van der Waals surface area contributed by atoms with Crippen molar-refractivity contribution in [2.45, 2.75) is 13.8 Å². The van der Waals surface area contributed by atoms with E-state index in [0.717, 1.165) is 38.4 Å². The van der Waals surface area contributed by atoms with Crippen molar-refractivity contribution in [1.29, 1.82) is 0 Å². The summed E-state index contributed by atoms with van der Waals surface area (Å²) in [6.45, 7) is 9.77. The molecule has 0 aromatic carbocycles. The monoisotopic (exact) mass is 277 g/mol. The van der Waals surface area contributed by atoms with E-state index in [1.807, 2.05) is 12.1 Å². The van der Waals surface area contributed by atoms with Crippen molar-refractivity contribution in [2.24, 2.45) is 16.8 Å². The summed E-state index contributed by atoms with van der Waals surface area (Å²) in [5, 5.41) is 11.7. The van der Waals surface area contributed by atoms with Gasteiger partial charge in [-0.2, -0.15) is 0 Å². The molecule has 3 N–H and O–H groups in total. The summed E-state index contributed by atoms with van der Waals surface area (Å²) >= 11 is 0. The van der Waals surface area contributed by atoms with Crippen LogP contribution in [0.15, 0.2) is 23.5 Å². The van der Waals surface area contributed by atoms with Crippen LogP contribution in [-0.4, -0.2) is 53.7 Å². The van der Waals surface area contributed by atoms with Gasteiger partial charge in [-0.05, 0) is 18.1 Å². The second-order valence-corrected chi connectivity index (χ2v) is 5.57. The van der Waals surface area contributed by atoms with Gasteiger partial charge >= 0.3 is 0 Å². The van der Waals surface area contributed by atoms with E-state index in [4.69, 9.17) is 10.9 Å². The minimum atomic E-state index is 0.0466. The van der Waals surface area contributed by atoms with Gasteiger partial charge in [0.2, 0.25) is 0 Å². The molecule has 0 aliphatic carbocycles. The Morgan fingerprint density at radius 1 is 1.40 bits per heavy atom. The van der Waals surface area contributed by atoms with E-state index >= 15 is 0 Å². The number of piperazine rings is 1. The first-order valence-corrected chi connectivity index (χ1v) is 7.01. The maximum Gasteiger partial charge on any atom is 0.188 e. The van der Waals surface area contributed by atoms with Gasteiger partial charge in [-0.25, -0.2) is 0 Å². The highest BCUT2D eigenvalue weighted by Crippen LogP contribution is 2.17. The number of anilines is 1. The fourth-order valence-corrected chi connectivity index (χ4v) is 2.51. The van der Waals surface area contributed by atoms with Crippen LogP contribution in [-0.2, 0) is 0 Å². The molecule has 1 saturated heterocycles. The largest absolute Gasteiger partial charge is 0.409 e. The third-order valence-electron chi connectivity index (χ3n) is 3.47. The Kier molecular flexibility index (Phi) is 4.79. The third-order valence-corrected chi connectivity index (χ3v) is 3.47. The van der Waals surface area contributed by atoms with Crippen LogP contribution < -0.4 is 10.6 Å². The van der Waals surface area contributed by atoms with Crippen LogP contribution in [0.5, 0.6) is 0 Å². The molecule has 2 heterocycles. The highest BCUT2D eigenvalue weighted by Gasteiger charge is 2.18. The number of hydrogen-bond acceptors (Lipinski definition) is 5. The zero-order valence-electron chi connectivity index (χ0n) is 12.2. The fourth-order valence-electron chi connectivity index (χ4n) is 2.51. The first-order chi connectivity index (χ1) is 9.60. The van der Waals surface area contributed by atoms with Gasteiger partial charge in [0.1, 0.15) is 5.69 Å². The molecule has 1 aromatic rings. The summed E-state index contributed by atoms with van der Waals surface area (Å²) in [5.74, 6) is 0.750. The van der Waals surface area contributed by atoms with E-state index in [-0.39, 0.29) is 5.84 Å². The summed E-state index contributed by atoms with van der Waals surface area (Å²) in [6, 6.07) is 3.83. The van der Waals surface area contributed by atoms with Gasteiger partial charge in [0, 0.05) is 44.6 Å². The molecule has 1 aliphatic rings. The lowest BCUT2D eigenvalue weighted by molar-refractivity contribution is 0.231. The quantitative estimate of drug-likeness (QED) is 0.371. The molecule has 0 radical (unpaired) electrons. The zero-order valence-corrected chi connectivity index (χ0v) is 12.2. The standard InChI is InChI=1S/C14H23N5O/c1-11(2)10-18-5-7-19(8-6-18)12-3-4-16-13(9-12)14(15)17-20/h3-4,9,11,20H,5-8,10H2,1-2H3,(H2,15,17). The van der Waals surface area contributed by atoms with E-state index in [2.05, 4.69) is 33.8 Å². The predicted octanol–water partition coefficient (Wildman–Crippen LogP) is 0.954. The summed E-state index contributed by atoms with van der Waals surface area (Å²) in [5.41, 5.74) is 7.16. The number of amidine groups is 1. The van der Waals surface area contributed by atoms with Gasteiger partial charge in [-0.3, -0.25) is 9.88 Å². The van der Waals surface area contributed by atoms with E-state index in [1.165, 1.54) is 0 Å². The third kappa shape index (κ3) is 3.60. The molecule has 20 heavy (non-hydrogen) atoms. The lowest BCUT2D eigenvalue weighted by atomic mass is 10.2. The topological polar surface area (TPSA) is 78.0 Å². The maximum absolute atomic E-state index is 8.71. The normalized spacial score (nSPS) is 17.8. The molecule has 0 spiro atoms. The molecule has 2 rings (SSSR count). The fraction of sp³-hybridized carbons (Fsp3) is 0.571. The molecule has 0 saturated carbocycles. The molecule has 110 valence electrons. The molecular formula is C14H23N5O. The SMILES string of the molecule is CC(C)CN1CCN(c2ccnc(C(N)=NO)c2)CC1. The van der Waals surface area contributed by atoms with E-state index < -0.39 is 0 Å². The van der Waals surface area contributed by atoms with Crippen LogP contribution in [0, 0.1) is 5.92 Å². The predicted molar refractivity (Wildman–Crippen MR) is 80.2 cm³/mol. The molecule has 0 atom stereocenters. The molecule has 1 fully saturated rings. The molecule has 0 bridgehead atoms. The minimum absolute atomic E-state index is 0.0466. The summed E-state index contributed by atoms with van der Waals surface area (Å²) < 4.78 is 0. The number of nitrogens with zero attached hydrogens (tertiary/aromatic N) is 4. The molecule has 1 aromatic heterocycles. The van der Waals surface area contributed by atoms with Crippen molar-refractivity contribution >= 4 is 11.5 Å². The molecule has 0 unspecified atom stereocenters. The average Bonchev–Trinajstić information content (AvgIpc) is 2.47. The molecule has 6 heteroatoms. The van der Waals surface area contributed by atoms with Crippen LogP contribution in [0.3, 0.4) is 0 Å². The highest BCUT2D eigenvalue weighted by atomic mass is 16.4. The second-order valence-electron chi connectivity index (χ2n) is 5.57. The summed E-state index contributed by atoms with van der Waals surface area (Å²) in [4.78, 5) is 8.91. The molecular weight excluding hydrogens is 254 g/mol. The Bertz CT molecular complexity index is 466. The Hall–Kier alpha value is -1.82. The van der Waals surface area contributed by atoms with Gasteiger partial charge in [0.15, 0.2) is 5.84 Å². The van der Waals surface area contributed by atoms with Crippen LogP contribution in [0.2, 0.25) is 0 Å². The summed E-state index contributed by atoms with van der Waals surface area (Å²) in [6.07, 6.45) is 1.70. The van der Waals surface area contributed by atoms with Gasteiger partial charge in [-0.15, -0.1) is 0 Å². The number of pyridine rings is 1. The molecule has 6 nitrogen and oxygen atoms in total. The van der Waals surface area contributed by atoms with Gasteiger partial charge in [-0.1, -0.05) is 19.0 Å². The van der Waals surface area contributed by atoms with Gasteiger partial charge in [0.05, 0.1) is 0 Å². The number of nitrogens with two attached hydrogens (primary N) is 1. The zero-order chi connectivity index (χ0) is 14.5. The number of rotatable bonds is 4. The number of oxime groups is 1. The Morgan fingerprint density at radius 3 is 2.70 bits per heavy atom. The highest BCUT2D eigenvalue weighted by molar-refractivity contribution is 5.95. The number of aromatic nitrogens is 1. The average molecular weight is 277 g/mol. The lowest BCUT2D eigenvalue weighted by Crippen LogP contribution is -2.47. The Balaban J connectivity index is 2.00. The van der Waals surface area contributed by atoms with Crippen molar-refractivity contribution in [3.8, 4) is 0 Å². The van der Waals surface area contributed by atoms with Crippen molar-refractivity contribution in [3.63, 3.8) is 0 Å². The van der Waals surface area contributed by atoms with Crippen LogP contribution in [0.25, 0.3) is 0 Å². The lowest BCUT2D eigenvalue weighted by Gasteiger charge is -2.36.